The van der Waals surface area contributed by atoms with Gasteiger partial charge in [0, 0.05) is 14.5 Å². The lowest BCUT2D eigenvalue weighted by Crippen LogP contribution is -2.54. The Bertz CT molecular complexity index is 1370. The Morgan fingerprint density at radius 3 is 2.32 bits per heavy atom. The predicted molar refractivity (Wildman–Crippen MR) is 129 cm³/mol. The van der Waals surface area contributed by atoms with E-state index in [1.54, 1.807) is 30.3 Å². The lowest BCUT2D eigenvalue weighted by atomic mass is 10.1. The lowest BCUT2D eigenvalue weighted by Gasteiger charge is -2.26. The Morgan fingerprint density at radius 1 is 0.941 bits per heavy atom. The number of carbonyl (C=O) groups is 4. The van der Waals surface area contributed by atoms with Crippen molar-refractivity contribution >= 4 is 67.4 Å². The van der Waals surface area contributed by atoms with Gasteiger partial charge in [-0.25, -0.2) is 18.9 Å². The van der Waals surface area contributed by atoms with Crippen LogP contribution < -0.4 is 15.0 Å². The number of anilines is 1. The van der Waals surface area contributed by atoms with Crippen LogP contribution in [0.4, 0.5) is 14.9 Å². The zero-order chi connectivity index (χ0) is 24.4. The fraction of sp³-hybridized carbons (Fsp3) is 0. The molecule has 34 heavy (non-hydrogen) atoms. The van der Waals surface area contributed by atoms with Crippen molar-refractivity contribution < 1.29 is 28.3 Å². The van der Waals surface area contributed by atoms with Crippen LogP contribution in [-0.2, 0) is 9.59 Å². The third kappa shape index (κ3) is 4.82. The van der Waals surface area contributed by atoms with E-state index >= 15 is 0 Å². The van der Waals surface area contributed by atoms with Crippen molar-refractivity contribution in [3.8, 4) is 5.75 Å². The van der Waals surface area contributed by atoms with Crippen LogP contribution in [0.3, 0.4) is 0 Å². The number of barbiturate groups is 1. The van der Waals surface area contributed by atoms with Gasteiger partial charge < -0.3 is 4.74 Å². The first-order valence-electron chi connectivity index (χ1n) is 9.68. The molecule has 1 saturated heterocycles. The van der Waals surface area contributed by atoms with E-state index in [0.717, 1.165) is 10.5 Å². The summed E-state index contributed by atoms with van der Waals surface area (Å²) in [6.07, 6.45) is 1.17. The van der Waals surface area contributed by atoms with Crippen LogP contribution in [0.2, 0.25) is 0 Å². The maximum absolute atomic E-state index is 14.3. The van der Waals surface area contributed by atoms with Gasteiger partial charge in [0.2, 0.25) is 0 Å². The Labute approximate surface area is 209 Å². The molecule has 170 valence electrons. The van der Waals surface area contributed by atoms with Gasteiger partial charge in [-0.3, -0.25) is 14.9 Å². The minimum absolute atomic E-state index is 0.0681. The number of rotatable bonds is 4. The summed E-state index contributed by atoms with van der Waals surface area (Å²) in [5, 5.41) is 2.03. The summed E-state index contributed by atoms with van der Waals surface area (Å²) in [7, 11) is 0. The van der Waals surface area contributed by atoms with Crippen LogP contribution in [0.25, 0.3) is 6.08 Å². The highest BCUT2D eigenvalue weighted by atomic mass is 79.9. The molecule has 0 aromatic heterocycles. The quantitative estimate of drug-likeness (QED) is 0.195. The van der Waals surface area contributed by atoms with Gasteiger partial charge in [0.1, 0.15) is 17.1 Å². The summed E-state index contributed by atoms with van der Waals surface area (Å²) in [5.74, 6) is -3.39. The molecule has 3 aromatic rings. The van der Waals surface area contributed by atoms with E-state index in [2.05, 4.69) is 31.9 Å². The number of esters is 1. The molecule has 1 aliphatic heterocycles. The number of hydrogen-bond acceptors (Lipinski definition) is 5. The summed E-state index contributed by atoms with van der Waals surface area (Å²) < 4.78 is 21.1. The van der Waals surface area contributed by atoms with Crippen LogP contribution in [0.15, 0.2) is 81.2 Å². The zero-order valence-electron chi connectivity index (χ0n) is 17.1. The third-order valence-electron chi connectivity index (χ3n) is 4.75. The minimum Gasteiger partial charge on any atom is -0.422 e. The number of halogens is 3. The highest BCUT2D eigenvalue weighted by Crippen LogP contribution is 2.29. The molecule has 0 unspecified atom stereocenters. The average molecular weight is 588 g/mol. The van der Waals surface area contributed by atoms with Crippen molar-refractivity contribution in [3.05, 3.63) is 98.2 Å². The standard InChI is InChI=1S/C24H13Br2FN2O5/c25-15-7-5-13(6-8-15)23(32)34-20-10-9-16(26)11-14(20)12-17-21(30)28-24(33)29(22(17)31)19-4-2-1-3-18(19)27/h1-12H,(H,28,30,33)/b17-12-. The minimum atomic E-state index is -1.08. The number of urea groups is 1. The van der Waals surface area contributed by atoms with E-state index in [1.807, 2.05) is 5.32 Å². The van der Waals surface area contributed by atoms with Crippen LogP contribution in [0.5, 0.6) is 5.75 Å². The molecule has 3 aromatic carbocycles. The van der Waals surface area contributed by atoms with Crippen LogP contribution in [0, 0.1) is 5.82 Å². The molecular weight excluding hydrogens is 575 g/mol. The normalized spacial score (nSPS) is 14.9. The predicted octanol–water partition coefficient (Wildman–Crippen LogP) is 5.24. The first-order chi connectivity index (χ1) is 16.2. The molecule has 0 bridgehead atoms. The maximum Gasteiger partial charge on any atom is 0.343 e. The Balaban J connectivity index is 1.72. The second-order valence-corrected chi connectivity index (χ2v) is 8.82. The van der Waals surface area contributed by atoms with Crippen LogP contribution in [0.1, 0.15) is 15.9 Å². The molecule has 1 aliphatic rings. The first-order valence-corrected chi connectivity index (χ1v) is 11.3. The summed E-state index contributed by atoms with van der Waals surface area (Å²) in [5.41, 5.74) is -0.255. The van der Waals surface area contributed by atoms with Crippen molar-refractivity contribution in [3.63, 3.8) is 0 Å². The van der Waals surface area contributed by atoms with E-state index in [0.29, 0.717) is 9.37 Å². The Kier molecular flexibility index (Phi) is 6.71. The summed E-state index contributed by atoms with van der Waals surface area (Å²) in [4.78, 5) is 51.0. The smallest absolute Gasteiger partial charge is 0.343 e. The van der Waals surface area contributed by atoms with Crippen molar-refractivity contribution in [2.24, 2.45) is 0 Å². The third-order valence-corrected chi connectivity index (χ3v) is 5.77. The first kappa shape index (κ1) is 23.5. The number of nitrogens with zero attached hydrogens (tertiary/aromatic N) is 1. The van der Waals surface area contributed by atoms with Crippen LogP contribution >= 0.6 is 31.9 Å². The topological polar surface area (TPSA) is 92.8 Å². The fourth-order valence-electron chi connectivity index (χ4n) is 3.13. The van der Waals surface area contributed by atoms with E-state index < -0.39 is 35.2 Å². The van der Waals surface area contributed by atoms with Gasteiger partial charge in [-0.05, 0) is 60.7 Å². The average Bonchev–Trinajstić information content (AvgIpc) is 2.79. The second kappa shape index (κ2) is 9.70. The van der Waals surface area contributed by atoms with Gasteiger partial charge in [0.05, 0.1) is 11.3 Å². The number of carbonyl (C=O) groups excluding carboxylic acids is 4. The number of imide groups is 2. The summed E-state index contributed by atoms with van der Waals surface area (Å²) >= 11 is 6.60. The van der Waals surface area contributed by atoms with Gasteiger partial charge in [-0.2, -0.15) is 0 Å². The molecule has 0 radical (unpaired) electrons. The number of para-hydroxylation sites is 1. The molecule has 0 saturated carbocycles. The summed E-state index contributed by atoms with van der Waals surface area (Å²) in [6.45, 7) is 0. The Hall–Kier alpha value is -3.63. The van der Waals surface area contributed by atoms with Gasteiger partial charge in [-0.1, -0.05) is 44.0 Å². The monoisotopic (exact) mass is 586 g/mol. The Morgan fingerprint density at radius 2 is 1.62 bits per heavy atom. The van der Waals surface area contributed by atoms with Crippen LogP contribution in [-0.4, -0.2) is 23.8 Å². The van der Waals surface area contributed by atoms with E-state index in [1.165, 1.54) is 36.4 Å². The molecular formula is C24H13Br2FN2O5. The maximum atomic E-state index is 14.3. The number of benzene rings is 3. The molecule has 1 heterocycles. The number of nitrogens with one attached hydrogen (secondary N) is 1. The van der Waals surface area contributed by atoms with Crippen molar-refractivity contribution in [1.29, 1.82) is 0 Å². The van der Waals surface area contributed by atoms with Gasteiger partial charge in [0.25, 0.3) is 11.8 Å². The van der Waals surface area contributed by atoms with Crippen molar-refractivity contribution in [1.82, 2.24) is 5.32 Å². The molecule has 0 atom stereocenters. The van der Waals surface area contributed by atoms with E-state index in [9.17, 15) is 23.6 Å². The molecule has 1 fully saturated rings. The molecule has 0 aliphatic carbocycles. The van der Waals surface area contributed by atoms with E-state index in [-0.39, 0.29) is 22.6 Å². The molecule has 4 rings (SSSR count). The SMILES string of the molecule is O=C1NC(=O)N(c2ccccc2F)C(=O)/C1=C\c1cc(Br)ccc1OC(=O)c1ccc(Br)cc1. The summed E-state index contributed by atoms with van der Waals surface area (Å²) in [6, 6.07) is 15.2. The number of amides is 4. The zero-order valence-corrected chi connectivity index (χ0v) is 20.2. The van der Waals surface area contributed by atoms with Crippen molar-refractivity contribution in [2.75, 3.05) is 4.90 Å². The molecule has 7 nitrogen and oxygen atoms in total. The van der Waals surface area contributed by atoms with Gasteiger partial charge in [0.15, 0.2) is 0 Å². The highest BCUT2D eigenvalue weighted by molar-refractivity contribution is 9.10. The van der Waals surface area contributed by atoms with Gasteiger partial charge >= 0.3 is 12.0 Å². The molecule has 4 amide bonds. The lowest BCUT2D eigenvalue weighted by molar-refractivity contribution is -0.122. The highest BCUT2D eigenvalue weighted by Gasteiger charge is 2.38. The number of hydrogen-bond donors (Lipinski definition) is 1. The largest absolute Gasteiger partial charge is 0.422 e. The molecule has 1 N–H and O–H groups in total. The van der Waals surface area contributed by atoms with Crippen molar-refractivity contribution in [2.45, 2.75) is 0 Å². The van der Waals surface area contributed by atoms with E-state index in [4.69, 9.17) is 4.74 Å². The van der Waals surface area contributed by atoms with Gasteiger partial charge in [-0.15, -0.1) is 0 Å². The molecule has 0 spiro atoms. The second-order valence-electron chi connectivity index (χ2n) is 6.99. The number of ether oxygens (including phenoxy) is 1. The fourth-order valence-corrected chi connectivity index (χ4v) is 3.78. The molecule has 10 heteroatoms.